The number of aryl methyl sites for hydroxylation is 3. The molecule has 0 atom stereocenters. The van der Waals surface area contributed by atoms with Crippen LogP contribution in [-0.2, 0) is 6.54 Å². The predicted octanol–water partition coefficient (Wildman–Crippen LogP) is 3.18. The summed E-state index contributed by atoms with van der Waals surface area (Å²) in [6, 6.07) is 1.57. The number of aromatic carboxylic acids is 1. The van der Waals surface area contributed by atoms with Crippen molar-refractivity contribution in [2.75, 3.05) is 0 Å². The third-order valence-corrected chi connectivity index (χ3v) is 3.21. The van der Waals surface area contributed by atoms with Gasteiger partial charge in [-0.1, -0.05) is 6.92 Å². The van der Waals surface area contributed by atoms with Crippen LogP contribution in [0, 0.1) is 20.8 Å². The molecule has 2 heterocycles. The molecule has 0 aliphatic rings. The molecule has 2 aromatic rings. The Morgan fingerprint density at radius 1 is 1.42 bits per heavy atom. The number of carboxylic acids is 1. The average Bonchev–Trinajstić information content (AvgIpc) is 2.81. The van der Waals surface area contributed by atoms with Crippen LogP contribution in [0.2, 0.25) is 0 Å². The van der Waals surface area contributed by atoms with Crippen LogP contribution >= 0.6 is 0 Å². The van der Waals surface area contributed by atoms with E-state index >= 15 is 0 Å². The molecule has 19 heavy (non-hydrogen) atoms. The Hall–Kier alpha value is -2.04. The number of rotatable bonds is 4. The molecular weight excluding hydrogens is 244 g/mol. The fourth-order valence-electron chi connectivity index (χ4n) is 2.30. The van der Waals surface area contributed by atoms with Crippen LogP contribution in [0.25, 0.3) is 11.3 Å². The van der Waals surface area contributed by atoms with E-state index in [9.17, 15) is 4.79 Å². The first-order chi connectivity index (χ1) is 8.95. The quantitative estimate of drug-likeness (QED) is 0.918. The summed E-state index contributed by atoms with van der Waals surface area (Å²) < 4.78 is 7.51. The first kappa shape index (κ1) is 13.4. The maximum atomic E-state index is 11.1. The second-order valence-corrected chi connectivity index (χ2v) is 4.65. The van der Waals surface area contributed by atoms with Crippen molar-refractivity contribution in [1.29, 1.82) is 0 Å². The molecule has 2 aromatic heterocycles. The smallest absolute Gasteiger partial charge is 0.339 e. The van der Waals surface area contributed by atoms with Gasteiger partial charge in [0.25, 0.3) is 0 Å². The van der Waals surface area contributed by atoms with Crippen molar-refractivity contribution in [3.05, 3.63) is 28.8 Å². The maximum absolute atomic E-state index is 11.1. The number of hydrogen-bond donors (Lipinski definition) is 1. The molecule has 0 fully saturated rings. The van der Waals surface area contributed by atoms with Crippen LogP contribution in [0.3, 0.4) is 0 Å². The Kier molecular flexibility index (Phi) is 3.46. The van der Waals surface area contributed by atoms with Crippen molar-refractivity contribution in [3.8, 4) is 11.3 Å². The predicted molar refractivity (Wildman–Crippen MR) is 71.4 cm³/mol. The van der Waals surface area contributed by atoms with Gasteiger partial charge in [0.2, 0.25) is 0 Å². The molecule has 1 N–H and O–H groups in total. The highest BCUT2D eigenvalue weighted by Gasteiger charge is 2.20. The minimum absolute atomic E-state index is 0.206. The van der Waals surface area contributed by atoms with Gasteiger partial charge < -0.3 is 9.52 Å². The van der Waals surface area contributed by atoms with Gasteiger partial charge in [-0.25, -0.2) is 4.79 Å². The Morgan fingerprint density at radius 3 is 2.63 bits per heavy atom. The number of hydrogen-bond acceptors (Lipinski definition) is 3. The van der Waals surface area contributed by atoms with Crippen LogP contribution in [0.15, 0.2) is 10.5 Å². The molecule has 0 amide bonds. The fourth-order valence-corrected chi connectivity index (χ4v) is 2.30. The molecule has 0 radical (unpaired) electrons. The highest BCUT2D eigenvalue weighted by molar-refractivity contribution is 5.90. The van der Waals surface area contributed by atoms with E-state index in [1.807, 2.05) is 18.5 Å². The van der Waals surface area contributed by atoms with Crippen molar-refractivity contribution in [2.45, 2.75) is 40.7 Å². The lowest BCUT2D eigenvalue weighted by atomic mass is 10.1. The number of nitrogens with zero attached hydrogens (tertiary/aromatic N) is 2. The Bertz CT molecular complexity index is 623. The van der Waals surface area contributed by atoms with Crippen molar-refractivity contribution in [3.63, 3.8) is 0 Å². The van der Waals surface area contributed by atoms with E-state index in [-0.39, 0.29) is 5.56 Å². The lowest BCUT2D eigenvalue weighted by Crippen LogP contribution is -2.01. The summed E-state index contributed by atoms with van der Waals surface area (Å²) in [5.41, 5.74) is 2.96. The van der Waals surface area contributed by atoms with Crippen LogP contribution in [0.5, 0.6) is 0 Å². The van der Waals surface area contributed by atoms with Crippen molar-refractivity contribution < 1.29 is 14.3 Å². The van der Waals surface area contributed by atoms with Gasteiger partial charge in [-0.15, -0.1) is 0 Å². The minimum atomic E-state index is -0.969. The average molecular weight is 262 g/mol. The Balaban J connectivity index is 2.53. The molecule has 0 bridgehead atoms. The molecule has 0 saturated heterocycles. The SMILES string of the molecule is CCCn1nc(C)c(-c2cc(C(=O)O)c(C)o2)c1C. The number of carbonyl (C=O) groups is 1. The lowest BCUT2D eigenvalue weighted by Gasteiger charge is -2.01. The third-order valence-electron chi connectivity index (χ3n) is 3.21. The third kappa shape index (κ3) is 2.28. The molecular formula is C14H18N2O3. The highest BCUT2D eigenvalue weighted by atomic mass is 16.4. The van der Waals surface area contributed by atoms with E-state index in [4.69, 9.17) is 9.52 Å². The molecule has 102 valence electrons. The van der Waals surface area contributed by atoms with Crippen LogP contribution < -0.4 is 0 Å². The second kappa shape index (κ2) is 4.91. The summed E-state index contributed by atoms with van der Waals surface area (Å²) in [6.07, 6.45) is 0.999. The molecule has 0 unspecified atom stereocenters. The zero-order chi connectivity index (χ0) is 14.2. The largest absolute Gasteiger partial charge is 0.478 e. The first-order valence-electron chi connectivity index (χ1n) is 6.33. The Morgan fingerprint density at radius 2 is 2.11 bits per heavy atom. The van der Waals surface area contributed by atoms with E-state index in [0.29, 0.717) is 11.5 Å². The lowest BCUT2D eigenvalue weighted by molar-refractivity contribution is 0.0695. The maximum Gasteiger partial charge on any atom is 0.339 e. The van der Waals surface area contributed by atoms with Crippen LogP contribution in [-0.4, -0.2) is 20.9 Å². The van der Waals surface area contributed by atoms with Crippen molar-refractivity contribution >= 4 is 5.97 Å². The van der Waals surface area contributed by atoms with Gasteiger partial charge in [-0.3, -0.25) is 4.68 Å². The highest BCUT2D eigenvalue weighted by Crippen LogP contribution is 2.30. The van der Waals surface area contributed by atoms with Crippen LogP contribution in [0.4, 0.5) is 0 Å². The zero-order valence-electron chi connectivity index (χ0n) is 11.6. The van der Waals surface area contributed by atoms with Crippen molar-refractivity contribution in [1.82, 2.24) is 9.78 Å². The summed E-state index contributed by atoms with van der Waals surface area (Å²) >= 11 is 0. The molecule has 2 rings (SSSR count). The summed E-state index contributed by atoms with van der Waals surface area (Å²) in [6.45, 7) is 8.48. The first-order valence-corrected chi connectivity index (χ1v) is 6.33. The summed E-state index contributed by atoms with van der Waals surface area (Å²) in [5.74, 6) is 0.0283. The van der Waals surface area contributed by atoms with E-state index in [1.54, 1.807) is 13.0 Å². The monoisotopic (exact) mass is 262 g/mol. The normalized spacial score (nSPS) is 10.9. The van der Waals surface area contributed by atoms with Gasteiger partial charge >= 0.3 is 5.97 Å². The minimum Gasteiger partial charge on any atom is -0.478 e. The number of aromatic nitrogens is 2. The topological polar surface area (TPSA) is 68.3 Å². The molecule has 0 aromatic carbocycles. The van der Waals surface area contributed by atoms with E-state index < -0.39 is 5.97 Å². The van der Waals surface area contributed by atoms with Gasteiger partial charge in [0.15, 0.2) is 0 Å². The second-order valence-electron chi connectivity index (χ2n) is 4.65. The van der Waals surface area contributed by atoms with E-state index in [2.05, 4.69) is 12.0 Å². The number of carboxylic acid groups (broad SMARTS) is 1. The number of furan rings is 1. The van der Waals surface area contributed by atoms with E-state index in [0.717, 1.165) is 29.9 Å². The summed E-state index contributed by atoms with van der Waals surface area (Å²) in [5, 5.41) is 13.5. The summed E-state index contributed by atoms with van der Waals surface area (Å²) in [4.78, 5) is 11.1. The van der Waals surface area contributed by atoms with Gasteiger partial charge in [-0.2, -0.15) is 5.10 Å². The fraction of sp³-hybridized carbons (Fsp3) is 0.429. The van der Waals surface area contributed by atoms with Crippen molar-refractivity contribution in [2.24, 2.45) is 0 Å². The Labute approximate surface area is 111 Å². The van der Waals surface area contributed by atoms with Crippen LogP contribution in [0.1, 0.15) is 40.9 Å². The van der Waals surface area contributed by atoms with E-state index in [1.165, 1.54) is 0 Å². The standard InChI is InChI=1S/C14H18N2O3/c1-5-6-16-9(3)13(8(2)15-16)12-7-11(14(17)18)10(4)19-12/h7H,5-6H2,1-4H3,(H,17,18). The van der Waals surface area contributed by atoms with Gasteiger partial charge in [-0.05, 0) is 33.3 Å². The molecule has 0 aliphatic heterocycles. The molecule has 0 spiro atoms. The zero-order valence-corrected chi connectivity index (χ0v) is 11.6. The van der Waals surface area contributed by atoms with Gasteiger partial charge in [0.05, 0.1) is 11.3 Å². The van der Waals surface area contributed by atoms with Gasteiger partial charge in [0, 0.05) is 12.2 Å². The summed E-state index contributed by atoms with van der Waals surface area (Å²) in [7, 11) is 0. The van der Waals surface area contributed by atoms with Gasteiger partial charge in [0.1, 0.15) is 17.1 Å². The molecule has 5 nitrogen and oxygen atoms in total. The molecule has 0 saturated carbocycles. The molecule has 0 aliphatic carbocycles. The molecule has 5 heteroatoms.